The van der Waals surface area contributed by atoms with Gasteiger partial charge in [-0.05, 0) is 48.0 Å². The molecule has 0 saturated carbocycles. The summed E-state index contributed by atoms with van der Waals surface area (Å²) in [6.07, 6.45) is 1.40. The molecule has 6 nitrogen and oxygen atoms in total. The summed E-state index contributed by atoms with van der Waals surface area (Å²) >= 11 is 5.86. The molecule has 0 aliphatic rings. The van der Waals surface area contributed by atoms with Crippen LogP contribution in [-0.2, 0) is 0 Å². The summed E-state index contributed by atoms with van der Waals surface area (Å²) in [5.41, 5.74) is 1.95. The van der Waals surface area contributed by atoms with E-state index < -0.39 is 5.91 Å². The van der Waals surface area contributed by atoms with Crippen molar-refractivity contribution in [3.63, 3.8) is 0 Å². The molecule has 140 valence electrons. The zero-order chi connectivity index (χ0) is 19.8. The number of hydrogen-bond acceptors (Lipinski definition) is 5. The molecule has 0 unspecified atom stereocenters. The Balaban J connectivity index is 1.84. The van der Waals surface area contributed by atoms with Crippen molar-refractivity contribution in [3.8, 4) is 28.4 Å². The van der Waals surface area contributed by atoms with E-state index in [1.165, 1.54) is 36.6 Å². The topological polar surface area (TPSA) is 103 Å². The number of benzene rings is 3. The van der Waals surface area contributed by atoms with Crippen LogP contribution in [0.25, 0.3) is 22.1 Å². The molecule has 3 aromatic carbocycles. The third-order valence-electron chi connectivity index (χ3n) is 4.22. The number of aromatic hydroxyl groups is 3. The Labute approximate surface area is 164 Å². The normalized spacial score (nSPS) is 10.9. The van der Waals surface area contributed by atoms with E-state index in [4.69, 9.17) is 16.0 Å². The highest BCUT2D eigenvalue weighted by atomic mass is 35.5. The van der Waals surface area contributed by atoms with Crippen molar-refractivity contribution >= 4 is 34.2 Å². The van der Waals surface area contributed by atoms with Gasteiger partial charge in [-0.25, -0.2) is 0 Å². The van der Waals surface area contributed by atoms with Crippen molar-refractivity contribution in [1.29, 1.82) is 0 Å². The number of rotatable bonds is 3. The smallest absolute Gasteiger partial charge is 0.256 e. The lowest BCUT2D eigenvalue weighted by atomic mass is 9.99. The van der Waals surface area contributed by atoms with Gasteiger partial charge in [0.15, 0.2) is 0 Å². The van der Waals surface area contributed by atoms with Crippen molar-refractivity contribution in [2.45, 2.75) is 0 Å². The predicted molar refractivity (Wildman–Crippen MR) is 106 cm³/mol. The highest BCUT2D eigenvalue weighted by Gasteiger charge is 2.20. The number of amides is 1. The van der Waals surface area contributed by atoms with Gasteiger partial charge in [0.25, 0.3) is 5.91 Å². The van der Waals surface area contributed by atoms with Crippen LogP contribution in [0.1, 0.15) is 10.4 Å². The molecule has 28 heavy (non-hydrogen) atoms. The van der Waals surface area contributed by atoms with Gasteiger partial charge in [-0.15, -0.1) is 0 Å². The lowest BCUT2D eigenvalue weighted by Crippen LogP contribution is -2.12. The number of carbonyl (C=O) groups is 1. The second kappa shape index (κ2) is 6.83. The average molecular weight is 396 g/mol. The van der Waals surface area contributed by atoms with Gasteiger partial charge in [-0.3, -0.25) is 4.79 Å². The largest absolute Gasteiger partial charge is 0.508 e. The van der Waals surface area contributed by atoms with E-state index in [9.17, 15) is 20.1 Å². The summed E-state index contributed by atoms with van der Waals surface area (Å²) in [5, 5.41) is 33.3. The van der Waals surface area contributed by atoms with Gasteiger partial charge in [0.2, 0.25) is 0 Å². The average Bonchev–Trinajstić information content (AvgIpc) is 3.05. The fourth-order valence-corrected chi connectivity index (χ4v) is 3.15. The molecule has 0 spiro atoms. The molecule has 0 bridgehead atoms. The van der Waals surface area contributed by atoms with E-state index >= 15 is 0 Å². The van der Waals surface area contributed by atoms with Gasteiger partial charge >= 0.3 is 0 Å². The first-order valence-corrected chi connectivity index (χ1v) is 8.63. The van der Waals surface area contributed by atoms with Crippen LogP contribution in [0, 0.1) is 0 Å². The van der Waals surface area contributed by atoms with E-state index in [2.05, 4.69) is 5.32 Å². The minimum absolute atomic E-state index is 0.129. The zero-order valence-corrected chi connectivity index (χ0v) is 15.1. The monoisotopic (exact) mass is 395 g/mol. The van der Waals surface area contributed by atoms with Gasteiger partial charge < -0.3 is 25.1 Å². The molecule has 1 heterocycles. The second-order valence-corrected chi connectivity index (χ2v) is 6.65. The number of phenols is 3. The Kier molecular flexibility index (Phi) is 4.33. The highest BCUT2D eigenvalue weighted by molar-refractivity contribution is 6.30. The molecule has 1 aromatic heterocycles. The van der Waals surface area contributed by atoms with Gasteiger partial charge in [-0.2, -0.15) is 0 Å². The van der Waals surface area contributed by atoms with Crippen LogP contribution in [0.4, 0.5) is 5.69 Å². The molecular weight excluding hydrogens is 382 g/mol. The molecule has 4 aromatic rings. The summed E-state index contributed by atoms with van der Waals surface area (Å²) in [6, 6.07) is 13.4. The number of phenolic OH excluding ortho intramolecular Hbond substituents is 3. The molecule has 0 fully saturated rings. The Morgan fingerprint density at radius 3 is 2.21 bits per heavy atom. The summed E-state index contributed by atoms with van der Waals surface area (Å²) in [6.45, 7) is 0. The first-order valence-electron chi connectivity index (χ1n) is 8.25. The molecule has 0 radical (unpaired) electrons. The van der Waals surface area contributed by atoms with E-state index in [-0.39, 0.29) is 22.8 Å². The molecular formula is C21H14ClNO5. The zero-order valence-electron chi connectivity index (χ0n) is 14.3. The van der Waals surface area contributed by atoms with E-state index in [1.54, 1.807) is 24.3 Å². The molecule has 0 aliphatic carbocycles. The Bertz CT molecular complexity index is 1180. The Morgan fingerprint density at radius 1 is 0.893 bits per heavy atom. The Morgan fingerprint density at radius 2 is 1.54 bits per heavy atom. The van der Waals surface area contributed by atoms with Crippen LogP contribution < -0.4 is 5.32 Å². The molecule has 0 atom stereocenters. The van der Waals surface area contributed by atoms with Gasteiger partial charge in [-0.1, -0.05) is 11.6 Å². The first-order chi connectivity index (χ1) is 13.4. The number of furan rings is 1. The number of nitrogens with one attached hydrogen (secondary N) is 1. The molecule has 4 N–H and O–H groups in total. The molecule has 7 heteroatoms. The minimum atomic E-state index is -0.463. The van der Waals surface area contributed by atoms with Crippen molar-refractivity contribution in [2.75, 3.05) is 5.32 Å². The number of anilines is 1. The molecule has 1 amide bonds. The van der Waals surface area contributed by atoms with Gasteiger partial charge in [0.1, 0.15) is 22.8 Å². The molecule has 0 aliphatic heterocycles. The highest BCUT2D eigenvalue weighted by Crippen LogP contribution is 2.38. The quantitative estimate of drug-likeness (QED) is 0.385. The summed E-state index contributed by atoms with van der Waals surface area (Å²) in [4.78, 5) is 12.9. The van der Waals surface area contributed by atoms with E-state index in [0.717, 1.165) is 0 Å². The SMILES string of the molecule is O=C(Nc1ccc(Cl)cc1)c1cc(O)cc2occ(-c3cc(O)cc(O)c3)c12. The number of hydrogen-bond donors (Lipinski definition) is 4. The van der Waals surface area contributed by atoms with Crippen LogP contribution in [-0.4, -0.2) is 21.2 Å². The van der Waals surface area contributed by atoms with Crippen LogP contribution in [0.3, 0.4) is 0 Å². The van der Waals surface area contributed by atoms with Crippen LogP contribution in [0.15, 0.2) is 65.3 Å². The maximum Gasteiger partial charge on any atom is 0.256 e. The number of halogens is 1. The van der Waals surface area contributed by atoms with Crippen molar-refractivity contribution in [2.24, 2.45) is 0 Å². The lowest BCUT2D eigenvalue weighted by molar-refractivity contribution is 0.102. The Hall–Kier alpha value is -3.64. The third kappa shape index (κ3) is 3.33. The maximum absolute atomic E-state index is 12.9. The standard InChI is InChI=1S/C21H14ClNO5/c22-12-1-3-13(4-2-12)23-21(27)17-8-16(26)9-19-20(17)18(10-28-19)11-5-14(24)7-15(25)6-11/h1-10,24-26H,(H,23,27). The van der Waals surface area contributed by atoms with Crippen LogP contribution in [0.5, 0.6) is 17.2 Å². The molecule has 4 rings (SSSR count). The fraction of sp³-hybridized carbons (Fsp3) is 0. The van der Waals surface area contributed by atoms with E-state index in [1.807, 2.05) is 0 Å². The molecule has 0 saturated heterocycles. The number of carbonyl (C=O) groups excluding carboxylic acids is 1. The van der Waals surface area contributed by atoms with Crippen molar-refractivity contribution in [1.82, 2.24) is 0 Å². The lowest BCUT2D eigenvalue weighted by Gasteiger charge is -2.09. The van der Waals surface area contributed by atoms with Gasteiger partial charge in [0, 0.05) is 33.8 Å². The third-order valence-corrected chi connectivity index (χ3v) is 4.47. The first kappa shape index (κ1) is 17.8. The predicted octanol–water partition coefficient (Wildman–Crippen LogP) is 5.12. The number of fused-ring (bicyclic) bond motifs is 1. The van der Waals surface area contributed by atoms with Crippen molar-refractivity contribution < 1.29 is 24.5 Å². The van der Waals surface area contributed by atoms with Gasteiger partial charge in [0.05, 0.1) is 11.8 Å². The summed E-state index contributed by atoms with van der Waals surface area (Å²) < 4.78 is 5.50. The fourth-order valence-electron chi connectivity index (χ4n) is 3.03. The second-order valence-electron chi connectivity index (χ2n) is 6.21. The van der Waals surface area contributed by atoms with Crippen LogP contribution in [0.2, 0.25) is 5.02 Å². The summed E-state index contributed by atoms with van der Waals surface area (Å²) in [7, 11) is 0. The van der Waals surface area contributed by atoms with Crippen LogP contribution >= 0.6 is 11.6 Å². The van der Waals surface area contributed by atoms with Crippen molar-refractivity contribution in [3.05, 3.63) is 71.4 Å². The minimum Gasteiger partial charge on any atom is -0.508 e. The maximum atomic E-state index is 12.9. The summed E-state index contributed by atoms with van der Waals surface area (Å²) in [5.74, 6) is -0.853. The van der Waals surface area contributed by atoms with E-state index in [0.29, 0.717) is 32.8 Å².